The van der Waals surface area contributed by atoms with E-state index >= 15 is 0 Å². The van der Waals surface area contributed by atoms with Crippen LogP contribution in [0.15, 0.2) is 89.2 Å². The molecule has 2 heterocycles. The summed E-state index contributed by atoms with van der Waals surface area (Å²) in [6.45, 7) is 6.36. The van der Waals surface area contributed by atoms with E-state index in [1.165, 1.54) is 11.8 Å². The van der Waals surface area contributed by atoms with Crippen LogP contribution >= 0.6 is 0 Å². The summed E-state index contributed by atoms with van der Waals surface area (Å²) in [7, 11) is 0. The molecule has 0 saturated heterocycles. The normalized spacial score (nSPS) is 30.3. The fraction of sp³-hybridized carbons (Fsp3) is 0.455. The number of benzene rings is 2. The van der Waals surface area contributed by atoms with Gasteiger partial charge in [-0.15, -0.1) is 0 Å². The SMILES string of the molecule is CCCC(=O)[C@@]1(OC(=O)c2ccco2)CCC2C3CCC4=Cc5c(cnn5-c5cccc(C(=O)CCc6ccccc6)c5)C[C@]4(C)C3[C@@H](O)C[C@@]21C. The fourth-order valence-electron chi connectivity index (χ4n) is 11.0. The first-order chi connectivity index (χ1) is 25.1. The van der Waals surface area contributed by atoms with Crippen molar-refractivity contribution in [3.8, 4) is 5.69 Å². The number of nitrogens with zero attached hydrogens (tertiary/aromatic N) is 2. The van der Waals surface area contributed by atoms with Crippen molar-refractivity contribution in [3.05, 3.63) is 113 Å². The number of rotatable bonds is 10. The quantitative estimate of drug-likeness (QED) is 0.131. The number of hydrogen-bond donors (Lipinski definition) is 1. The summed E-state index contributed by atoms with van der Waals surface area (Å²) in [5.74, 6) is -0.189. The third-order valence-corrected chi connectivity index (χ3v) is 13.4. The Balaban J connectivity index is 1.06. The molecule has 7 atom stereocenters. The predicted octanol–water partition coefficient (Wildman–Crippen LogP) is 8.40. The maximum atomic E-state index is 14.1. The molecule has 8 nitrogen and oxygen atoms in total. The number of esters is 1. The van der Waals surface area contributed by atoms with Gasteiger partial charge in [0.15, 0.2) is 17.2 Å². The minimum Gasteiger partial charge on any atom is -0.457 e. The molecule has 3 fully saturated rings. The second-order valence-electron chi connectivity index (χ2n) is 16.1. The van der Waals surface area contributed by atoms with Gasteiger partial charge < -0.3 is 14.3 Å². The molecule has 4 aliphatic carbocycles. The molecule has 3 saturated carbocycles. The van der Waals surface area contributed by atoms with Crippen molar-refractivity contribution in [2.75, 3.05) is 0 Å². The number of ketones is 2. The number of aromatic nitrogens is 2. The Hall–Kier alpha value is -4.56. The number of aryl methyl sites for hydroxylation is 1. The molecule has 0 amide bonds. The molecule has 8 rings (SSSR count). The summed E-state index contributed by atoms with van der Waals surface area (Å²) < 4.78 is 13.6. The minimum absolute atomic E-state index is 0.00880. The Bertz CT molecular complexity index is 2030. The van der Waals surface area contributed by atoms with Crippen molar-refractivity contribution < 1.29 is 28.6 Å². The molecule has 0 aliphatic heterocycles. The van der Waals surface area contributed by atoms with E-state index in [2.05, 4.69) is 32.1 Å². The lowest BCUT2D eigenvalue weighted by Gasteiger charge is -2.60. The van der Waals surface area contributed by atoms with Gasteiger partial charge in [0, 0.05) is 23.8 Å². The molecule has 3 unspecified atom stereocenters. The number of hydrogen-bond acceptors (Lipinski definition) is 7. The molecule has 0 spiro atoms. The number of carbonyl (C=O) groups excluding carboxylic acids is 3. The van der Waals surface area contributed by atoms with Crippen LogP contribution in [0.2, 0.25) is 0 Å². The van der Waals surface area contributed by atoms with E-state index < -0.39 is 23.1 Å². The molecule has 4 aromatic rings. The van der Waals surface area contributed by atoms with Gasteiger partial charge in [-0.25, -0.2) is 9.48 Å². The van der Waals surface area contributed by atoms with Gasteiger partial charge in [0.2, 0.25) is 5.76 Å². The summed E-state index contributed by atoms with van der Waals surface area (Å²) >= 11 is 0. The summed E-state index contributed by atoms with van der Waals surface area (Å²) in [6.07, 6.45) is 11.2. The van der Waals surface area contributed by atoms with Crippen LogP contribution in [0.3, 0.4) is 0 Å². The van der Waals surface area contributed by atoms with E-state index in [-0.39, 0.29) is 40.5 Å². The van der Waals surface area contributed by atoms with Crippen molar-refractivity contribution in [2.45, 2.75) is 96.7 Å². The third kappa shape index (κ3) is 5.44. The van der Waals surface area contributed by atoms with Crippen LogP contribution in [-0.4, -0.2) is 44.1 Å². The lowest BCUT2D eigenvalue weighted by Crippen LogP contribution is -2.63. The Labute approximate surface area is 305 Å². The van der Waals surface area contributed by atoms with Crippen molar-refractivity contribution in [3.63, 3.8) is 0 Å². The molecular formula is C44H48N2O6. The molecule has 8 heteroatoms. The summed E-state index contributed by atoms with van der Waals surface area (Å²) in [6, 6.07) is 21.1. The molecule has 52 heavy (non-hydrogen) atoms. The molecule has 1 N–H and O–H groups in total. The van der Waals surface area contributed by atoms with E-state index in [9.17, 15) is 19.5 Å². The largest absolute Gasteiger partial charge is 0.457 e. The van der Waals surface area contributed by atoms with Crippen LogP contribution in [0.25, 0.3) is 11.8 Å². The summed E-state index contributed by atoms with van der Waals surface area (Å²) in [5.41, 5.74) is 3.87. The zero-order valence-corrected chi connectivity index (χ0v) is 30.3. The van der Waals surface area contributed by atoms with E-state index in [0.29, 0.717) is 44.1 Å². The number of aliphatic hydroxyl groups is 1. The van der Waals surface area contributed by atoms with Crippen LogP contribution in [0.4, 0.5) is 0 Å². The number of allylic oxidation sites excluding steroid dienone is 1. The highest BCUT2D eigenvalue weighted by molar-refractivity contribution is 5.97. The van der Waals surface area contributed by atoms with Crippen LogP contribution in [0.5, 0.6) is 0 Å². The van der Waals surface area contributed by atoms with E-state index in [1.54, 1.807) is 12.1 Å². The smallest absolute Gasteiger partial charge is 0.375 e. The van der Waals surface area contributed by atoms with Crippen LogP contribution in [-0.2, 0) is 22.4 Å². The lowest BCUT2D eigenvalue weighted by atomic mass is 9.45. The average molecular weight is 701 g/mol. The number of fused-ring (bicyclic) bond motifs is 6. The number of furan rings is 1. The van der Waals surface area contributed by atoms with Gasteiger partial charge in [-0.2, -0.15) is 5.10 Å². The standard InChI is InChI=1S/C44H48N2O6/c1-4-10-39(49)44(52-41(50)38-15-9-22-51-38)21-20-34-33-18-17-31-24-35-30(25-42(31,2)40(33)37(48)26-43(34,44)3)27-45-46(35)32-14-8-13-29(23-32)36(47)19-16-28-11-6-5-7-12-28/h5-9,11-15,22-24,27,33-34,37,40,48H,4,10,16-21,25-26H2,1-3H3/t33?,34?,37-,40?,42-,43-,44-/m0/s1. The Kier molecular flexibility index (Phi) is 8.72. The lowest BCUT2D eigenvalue weighted by molar-refractivity contribution is -0.181. The minimum atomic E-state index is -1.31. The number of aliphatic hydroxyl groups excluding tert-OH is 1. The van der Waals surface area contributed by atoms with E-state index in [4.69, 9.17) is 14.3 Å². The van der Waals surface area contributed by atoms with Gasteiger partial charge in [-0.1, -0.05) is 68.8 Å². The highest BCUT2D eigenvalue weighted by atomic mass is 16.6. The van der Waals surface area contributed by atoms with Crippen molar-refractivity contribution in [1.29, 1.82) is 0 Å². The average Bonchev–Trinajstić information content (AvgIpc) is 3.89. The van der Waals surface area contributed by atoms with Gasteiger partial charge in [-0.05, 0) is 116 Å². The number of ether oxygens (including phenoxy) is 1. The molecule has 2 aromatic heterocycles. The van der Waals surface area contributed by atoms with Crippen molar-refractivity contribution in [1.82, 2.24) is 9.78 Å². The molecule has 270 valence electrons. The van der Waals surface area contributed by atoms with Crippen LogP contribution < -0.4 is 0 Å². The first kappa shape index (κ1) is 34.5. The van der Waals surface area contributed by atoms with Crippen LogP contribution in [0, 0.1) is 28.6 Å². The number of Topliss-reactive ketones (excluding diaryl/α,β-unsaturated/α-hetero) is 2. The predicted molar refractivity (Wildman–Crippen MR) is 197 cm³/mol. The third-order valence-electron chi connectivity index (χ3n) is 13.4. The first-order valence-electron chi connectivity index (χ1n) is 19.0. The molecule has 2 aromatic carbocycles. The topological polar surface area (TPSA) is 112 Å². The molecule has 0 radical (unpaired) electrons. The van der Waals surface area contributed by atoms with E-state index in [1.807, 2.05) is 60.3 Å². The van der Waals surface area contributed by atoms with E-state index in [0.717, 1.165) is 48.2 Å². The summed E-state index contributed by atoms with van der Waals surface area (Å²) in [5, 5.41) is 17.1. The van der Waals surface area contributed by atoms with Gasteiger partial charge in [0.25, 0.3) is 0 Å². The molecule has 4 aliphatic rings. The van der Waals surface area contributed by atoms with Crippen LogP contribution in [0.1, 0.15) is 110 Å². The van der Waals surface area contributed by atoms with Gasteiger partial charge in [-0.3, -0.25) is 9.59 Å². The monoisotopic (exact) mass is 700 g/mol. The van der Waals surface area contributed by atoms with Gasteiger partial charge >= 0.3 is 5.97 Å². The Morgan fingerprint density at radius 1 is 1.02 bits per heavy atom. The Morgan fingerprint density at radius 2 is 1.85 bits per heavy atom. The molecular weight excluding hydrogens is 652 g/mol. The maximum Gasteiger partial charge on any atom is 0.375 e. The summed E-state index contributed by atoms with van der Waals surface area (Å²) in [4.78, 5) is 40.7. The molecule has 0 bridgehead atoms. The highest BCUT2D eigenvalue weighted by Gasteiger charge is 2.70. The van der Waals surface area contributed by atoms with Gasteiger partial charge in [0.05, 0.1) is 29.9 Å². The maximum absolute atomic E-state index is 14.1. The fourth-order valence-corrected chi connectivity index (χ4v) is 11.0. The first-order valence-corrected chi connectivity index (χ1v) is 19.0. The second-order valence-corrected chi connectivity index (χ2v) is 16.1. The van der Waals surface area contributed by atoms with Gasteiger partial charge in [0.1, 0.15) is 0 Å². The number of carbonyl (C=O) groups is 3. The zero-order chi connectivity index (χ0) is 36.3. The zero-order valence-electron chi connectivity index (χ0n) is 30.3. The van der Waals surface area contributed by atoms with Crippen molar-refractivity contribution >= 4 is 23.6 Å². The second kappa shape index (κ2) is 13.1. The Morgan fingerprint density at radius 3 is 2.62 bits per heavy atom. The van der Waals surface area contributed by atoms with Crippen molar-refractivity contribution in [2.24, 2.45) is 28.6 Å². The highest BCUT2D eigenvalue weighted by Crippen LogP contribution is 2.68.